The topological polar surface area (TPSA) is 66.0 Å². The monoisotopic (exact) mass is 334 g/mol. The number of hydrogen-bond donors (Lipinski definition) is 1. The average molecular weight is 334 g/mol. The summed E-state index contributed by atoms with van der Waals surface area (Å²) >= 11 is 0. The second-order valence-electron chi connectivity index (χ2n) is 5.03. The lowest BCUT2D eigenvalue weighted by Gasteiger charge is -2.09. The van der Waals surface area contributed by atoms with E-state index in [4.69, 9.17) is 5.73 Å². The maximum atomic E-state index is 12.1. The normalized spacial score (nSPS) is 11.5. The Bertz CT molecular complexity index is 811. The van der Waals surface area contributed by atoms with Crippen molar-refractivity contribution in [2.75, 3.05) is 12.3 Å². The van der Waals surface area contributed by atoms with Crippen LogP contribution in [0.2, 0.25) is 0 Å². The van der Waals surface area contributed by atoms with Gasteiger partial charge in [0.25, 0.3) is 0 Å². The van der Waals surface area contributed by atoms with E-state index in [2.05, 4.69) is 14.8 Å². The molecule has 0 aliphatic carbocycles. The van der Waals surface area contributed by atoms with Gasteiger partial charge in [-0.25, -0.2) is 9.67 Å². The van der Waals surface area contributed by atoms with Crippen molar-refractivity contribution in [2.45, 2.75) is 6.18 Å². The average Bonchev–Trinajstić information content (AvgIpc) is 3.03. The molecule has 8 heteroatoms. The van der Waals surface area contributed by atoms with E-state index in [-0.39, 0.29) is 5.75 Å². The van der Waals surface area contributed by atoms with Gasteiger partial charge in [0.2, 0.25) is 0 Å². The fourth-order valence-corrected chi connectivity index (χ4v) is 2.01. The Labute approximate surface area is 135 Å². The third kappa shape index (κ3) is 3.83. The Morgan fingerprint density at radius 2 is 1.67 bits per heavy atom. The largest absolute Gasteiger partial charge is 0.484 e. The fourth-order valence-electron chi connectivity index (χ4n) is 2.01. The third-order valence-electron chi connectivity index (χ3n) is 3.16. The van der Waals surface area contributed by atoms with Crippen LogP contribution in [0.4, 0.5) is 18.9 Å². The van der Waals surface area contributed by atoms with Crippen LogP contribution >= 0.6 is 0 Å². The van der Waals surface area contributed by atoms with Crippen molar-refractivity contribution in [3.63, 3.8) is 0 Å². The van der Waals surface area contributed by atoms with Crippen LogP contribution in [0, 0.1) is 0 Å². The molecule has 0 aliphatic heterocycles. The van der Waals surface area contributed by atoms with Crippen molar-refractivity contribution in [3.05, 3.63) is 54.9 Å². The van der Waals surface area contributed by atoms with Gasteiger partial charge in [0, 0.05) is 11.3 Å². The number of rotatable bonds is 4. The summed E-state index contributed by atoms with van der Waals surface area (Å²) in [6.07, 6.45) is -2.84. The molecule has 3 aromatic rings. The first-order valence-electron chi connectivity index (χ1n) is 6.98. The zero-order chi connectivity index (χ0) is 17.2. The SMILES string of the molecule is Nc1ccc(-c2ncn(-c3ccc(OCC(F)(F)F)cc3)n2)cc1. The minimum absolute atomic E-state index is 0.134. The summed E-state index contributed by atoms with van der Waals surface area (Å²) in [6.45, 7) is -1.32. The molecular formula is C16H13F3N4O. The Kier molecular flexibility index (Phi) is 4.11. The number of ether oxygens (including phenoxy) is 1. The van der Waals surface area contributed by atoms with Crippen molar-refractivity contribution in [1.29, 1.82) is 0 Å². The number of alkyl halides is 3. The zero-order valence-corrected chi connectivity index (χ0v) is 12.4. The summed E-state index contributed by atoms with van der Waals surface area (Å²) in [5, 5.41) is 4.34. The lowest BCUT2D eigenvalue weighted by atomic mass is 10.2. The molecule has 0 fully saturated rings. The molecule has 0 bridgehead atoms. The number of nitrogen functional groups attached to an aromatic ring is 1. The number of aromatic nitrogens is 3. The van der Waals surface area contributed by atoms with E-state index in [0.717, 1.165) is 5.56 Å². The van der Waals surface area contributed by atoms with Crippen LogP contribution in [0.15, 0.2) is 54.9 Å². The molecule has 3 rings (SSSR count). The Balaban J connectivity index is 1.74. The summed E-state index contributed by atoms with van der Waals surface area (Å²) in [5.74, 6) is 0.655. The second-order valence-corrected chi connectivity index (χ2v) is 5.03. The highest BCUT2D eigenvalue weighted by atomic mass is 19.4. The molecule has 2 N–H and O–H groups in total. The lowest BCUT2D eigenvalue weighted by molar-refractivity contribution is -0.153. The van der Waals surface area contributed by atoms with Crippen LogP contribution in [0.25, 0.3) is 17.1 Å². The van der Waals surface area contributed by atoms with E-state index in [0.29, 0.717) is 17.2 Å². The predicted octanol–water partition coefficient (Wildman–Crippen LogP) is 3.46. The molecule has 0 atom stereocenters. The lowest BCUT2D eigenvalue weighted by Crippen LogP contribution is -2.19. The first-order valence-corrected chi connectivity index (χ1v) is 6.98. The van der Waals surface area contributed by atoms with Gasteiger partial charge in [0.15, 0.2) is 12.4 Å². The van der Waals surface area contributed by atoms with Gasteiger partial charge in [-0.3, -0.25) is 0 Å². The maximum absolute atomic E-state index is 12.1. The highest BCUT2D eigenvalue weighted by Crippen LogP contribution is 2.21. The van der Waals surface area contributed by atoms with Crippen molar-refractivity contribution in [3.8, 4) is 22.8 Å². The van der Waals surface area contributed by atoms with E-state index in [1.807, 2.05) is 12.1 Å². The minimum atomic E-state index is -4.36. The Hall–Kier alpha value is -3.03. The van der Waals surface area contributed by atoms with Gasteiger partial charge in [0.05, 0.1) is 5.69 Å². The molecule has 0 radical (unpaired) electrons. The molecule has 0 spiro atoms. The number of nitrogens with two attached hydrogens (primary N) is 1. The summed E-state index contributed by atoms with van der Waals surface area (Å²) in [4.78, 5) is 4.21. The first-order chi connectivity index (χ1) is 11.4. The van der Waals surface area contributed by atoms with Gasteiger partial charge in [-0.1, -0.05) is 0 Å². The Morgan fingerprint density at radius 3 is 2.29 bits per heavy atom. The standard InChI is InChI=1S/C16H13F3N4O/c17-16(18,19)9-24-14-7-5-13(6-8-14)23-10-21-15(22-23)11-1-3-12(20)4-2-11/h1-8,10H,9,20H2. The van der Waals surface area contributed by atoms with Crippen LogP contribution < -0.4 is 10.5 Å². The van der Waals surface area contributed by atoms with Gasteiger partial charge < -0.3 is 10.5 Å². The molecule has 1 heterocycles. The van der Waals surface area contributed by atoms with Crippen LogP contribution in [0.1, 0.15) is 0 Å². The molecule has 2 aromatic carbocycles. The van der Waals surface area contributed by atoms with E-state index in [1.54, 1.807) is 24.3 Å². The van der Waals surface area contributed by atoms with Crippen molar-refractivity contribution in [1.82, 2.24) is 14.8 Å². The molecule has 0 saturated carbocycles. The second kappa shape index (κ2) is 6.23. The fraction of sp³-hybridized carbons (Fsp3) is 0.125. The molecule has 0 unspecified atom stereocenters. The number of nitrogens with zero attached hydrogens (tertiary/aromatic N) is 3. The van der Waals surface area contributed by atoms with E-state index in [1.165, 1.54) is 23.1 Å². The summed E-state index contributed by atoms with van der Waals surface area (Å²) in [7, 11) is 0. The van der Waals surface area contributed by atoms with E-state index >= 15 is 0 Å². The van der Waals surface area contributed by atoms with Crippen LogP contribution in [-0.4, -0.2) is 27.5 Å². The van der Waals surface area contributed by atoms with Crippen LogP contribution in [0.5, 0.6) is 5.75 Å². The minimum Gasteiger partial charge on any atom is -0.484 e. The van der Waals surface area contributed by atoms with Crippen LogP contribution in [-0.2, 0) is 0 Å². The number of anilines is 1. The quantitative estimate of drug-likeness (QED) is 0.742. The van der Waals surface area contributed by atoms with Crippen LogP contribution in [0.3, 0.4) is 0 Å². The molecule has 0 amide bonds. The molecule has 5 nitrogen and oxygen atoms in total. The third-order valence-corrected chi connectivity index (χ3v) is 3.16. The van der Waals surface area contributed by atoms with Crippen molar-refractivity contribution >= 4 is 5.69 Å². The number of hydrogen-bond acceptors (Lipinski definition) is 4. The first kappa shape index (κ1) is 15.9. The highest BCUT2D eigenvalue weighted by molar-refractivity contribution is 5.58. The van der Waals surface area contributed by atoms with Crippen molar-refractivity contribution < 1.29 is 17.9 Å². The van der Waals surface area contributed by atoms with E-state index < -0.39 is 12.8 Å². The van der Waals surface area contributed by atoms with Gasteiger partial charge >= 0.3 is 6.18 Å². The van der Waals surface area contributed by atoms with Crippen molar-refractivity contribution in [2.24, 2.45) is 0 Å². The smallest absolute Gasteiger partial charge is 0.422 e. The highest BCUT2D eigenvalue weighted by Gasteiger charge is 2.28. The molecule has 1 aromatic heterocycles. The summed E-state index contributed by atoms with van der Waals surface area (Å²) < 4.78 is 42.5. The van der Waals surface area contributed by atoms with Gasteiger partial charge in [-0.2, -0.15) is 13.2 Å². The summed E-state index contributed by atoms with van der Waals surface area (Å²) in [6, 6.07) is 13.2. The molecule has 0 aliphatic rings. The Morgan fingerprint density at radius 1 is 1.00 bits per heavy atom. The predicted molar refractivity (Wildman–Crippen MR) is 82.8 cm³/mol. The zero-order valence-electron chi connectivity index (χ0n) is 12.4. The van der Waals surface area contributed by atoms with Gasteiger partial charge in [-0.15, -0.1) is 5.10 Å². The molecular weight excluding hydrogens is 321 g/mol. The maximum Gasteiger partial charge on any atom is 0.422 e. The molecule has 0 saturated heterocycles. The van der Waals surface area contributed by atoms with Gasteiger partial charge in [-0.05, 0) is 48.5 Å². The number of halogens is 3. The summed E-state index contributed by atoms with van der Waals surface area (Å²) in [5.41, 5.74) is 7.75. The van der Waals surface area contributed by atoms with Gasteiger partial charge in [0.1, 0.15) is 12.1 Å². The molecule has 124 valence electrons. The van der Waals surface area contributed by atoms with E-state index in [9.17, 15) is 13.2 Å². The number of benzene rings is 2. The molecule has 24 heavy (non-hydrogen) atoms.